The molecule has 0 aromatic carbocycles. The number of halogens is 5. The summed E-state index contributed by atoms with van der Waals surface area (Å²) in [6.07, 6.45) is -1.92. The fraction of sp³-hybridized carbons (Fsp3) is 0.538. The number of alkyl halides is 3. The predicted molar refractivity (Wildman–Crippen MR) is 84.4 cm³/mol. The number of pyridine rings is 1. The van der Waals surface area contributed by atoms with Gasteiger partial charge in [0.25, 0.3) is 0 Å². The topological polar surface area (TPSA) is 25.5 Å². The summed E-state index contributed by atoms with van der Waals surface area (Å²) in [7, 11) is 0. The Morgan fingerprint density at radius 2 is 2.09 bits per heavy atom. The average molecular weight is 385 g/mol. The molecule has 0 bridgehead atoms. The molecule has 0 radical (unpaired) electrons. The van der Waals surface area contributed by atoms with Crippen LogP contribution in [0, 0.1) is 10.7 Å². The molecule has 1 fully saturated rings. The Labute approximate surface area is 145 Å². The van der Waals surface area contributed by atoms with Gasteiger partial charge in [0.1, 0.15) is 0 Å². The smallest absolute Gasteiger partial charge is 0.284 e. The second-order valence-corrected chi connectivity index (χ2v) is 6.79. The van der Waals surface area contributed by atoms with Gasteiger partial charge in [-0.15, -0.1) is 5.10 Å². The van der Waals surface area contributed by atoms with E-state index in [1.54, 1.807) is 21.6 Å². The Kier molecular flexibility index (Phi) is 4.61. The van der Waals surface area contributed by atoms with Crippen LogP contribution in [0.3, 0.4) is 0 Å². The van der Waals surface area contributed by atoms with Crippen LogP contribution in [0.1, 0.15) is 12.8 Å². The van der Waals surface area contributed by atoms with Crippen molar-refractivity contribution < 1.29 is 13.2 Å². The van der Waals surface area contributed by atoms with E-state index in [4.69, 9.17) is 35.4 Å². The highest BCUT2D eigenvalue weighted by atomic mass is 35.5. The molecule has 0 aliphatic carbocycles. The van der Waals surface area contributed by atoms with E-state index in [1.165, 1.54) is 4.68 Å². The van der Waals surface area contributed by atoms with E-state index < -0.39 is 12.1 Å². The van der Waals surface area contributed by atoms with E-state index >= 15 is 0 Å². The SMILES string of the molecule is FC(F)(F)[C@H]1CCCN(Cn2nc3c(Cl)cc(Cl)cn3c2=S)C1. The minimum absolute atomic E-state index is 0.0480. The molecule has 1 atom stereocenters. The highest BCUT2D eigenvalue weighted by Gasteiger charge is 2.41. The van der Waals surface area contributed by atoms with Crippen molar-refractivity contribution in [3.8, 4) is 0 Å². The van der Waals surface area contributed by atoms with Crippen molar-refractivity contribution in [2.75, 3.05) is 13.1 Å². The molecular weight excluding hydrogens is 372 g/mol. The number of piperidine rings is 1. The van der Waals surface area contributed by atoms with Crippen molar-refractivity contribution >= 4 is 41.1 Å². The van der Waals surface area contributed by atoms with E-state index in [0.717, 1.165) is 0 Å². The number of rotatable bonds is 2. The maximum absolute atomic E-state index is 12.9. The van der Waals surface area contributed by atoms with Crippen LogP contribution in [-0.2, 0) is 6.67 Å². The van der Waals surface area contributed by atoms with Gasteiger partial charge < -0.3 is 0 Å². The maximum atomic E-state index is 12.9. The van der Waals surface area contributed by atoms with Crippen molar-refractivity contribution in [1.29, 1.82) is 0 Å². The number of aromatic nitrogens is 3. The molecule has 1 saturated heterocycles. The lowest BCUT2D eigenvalue weighted by Crippen LogP contribution is -2.42. The lowest BCUT2D eigenvalue weighted by molar-refractivity contribution is -0.188. The number of nitrogens with zero attached hydrogens (tertiary/aromatic N) is 4. The number of fused-ring (bicyclic) bond motifs is 1. The van der Waals surface area contributed by atoms with Gasteiger partial charge in [0.2, 0.25) is 4.77 Å². The zero-order valence-electron chi connectivity index (χ0n) is 11.9. The van der Waals surface area contributed by atoms with Gasteiger partial charge in [-0.05, 0) is 37.7 Å². The first-order valence-electron chi connectivity index (χ1n) is 6.99. The summed E-state index contributed by atoms with van der Waals surface area (Å²) in [6.45, 7) is 0.728. The second-order valence-electron chi connectivity index (χ2n) is 5.58. The molecule has 0 saturated carbocycles. The van der Waals surface area contributed by atoms with Crippen molar-refractivity contribution in [3.63, 3.8) is 0 Å². The van der Waals surface area contributed by atoms with Crippen LogP contribution in [-0.4, -0.2) is 38.3 Å². The van der Waals surface area contributed by atoms with Crippen molar-refractivity contribution in [2.24, 2.45) is 5.92 Å². The van der Waals surface area contributed by atoms with Crippen molar-refractivity contribution in [2.45, 2.75) is 25.7 Å². The number of hydrogen-bond donors (Lipinski definition) is 0. The van der Waals surface area contributed by atoms with Gasteiger partial charge in [0, 0.05) is 12.7 Å². The molecule has 4 nitrogen and oxygen atoms in total. The lowest BCUT2D eigenvalue weighted by Gasteiger charge is -2.33. The lowest BCUT2D eigenvalue weighted by atomic mass is 9.98. The molecule has 1 aliphatic rings. The zero-order chi connectivity index (χ0) is 16.8. The van der Waals surface area contributed by atoms with Crippen LogP contribution in [0.25, 0.3) is 5.65 Å². The third-order valence-electron chi connectivity index (χ3n) is 3.90. The number of likely N-dealkylation sites (tertiary alicyclic amines) is 1. The van der Waals surface area contributed by atoms with E-state index in [9.17, 15) is 13.2 Å². The van der Waals surface area contributed by atoms with E-state index in [1.807, 2.05) is 0 Å². The molecule has 10 heteroatoms. The molecule has 0 spiro atoms. The summed E-state index contributed by atoms with van der Waals surface area (Å²) in [5, 5.41) is 5.05. The molecule has 0 unspecified atom stereocenters. The van der Waals surface area contributed by atoms with Crippen LogP contribution in [0.5, 0.6) is 0 Å². The fourth-order valence-electron chi connectivity index (χ4n) is 2.78. The molecule has 2 aromatic heterocycles. The van der Waals surface area contributed by atoms with Gasteiger partial charge in [-0.3, -0.25) is 9.30 Å². The first-order valence-corrected chi connectivity index (χ1v) is 8.15. The molecule has 3 heterocycles. The Morgan fingerprint density at radius 3 is 2.78 bits per heavy atom. The largest absolute Gasteiger partial charge is 0.393 e. The van der Waals surface area contributed by atoms with Gasteiger partial charge in [-0.2, -0.15) is 13.2 Å². The van der Waals surface area contributed by atoms with Crippen LogP contribution in [0.15, 0.2) is 12.3 Å². The van der Waals surface area contributed by atoms with Crippen molar-refractivity contribution in [3.05, 3.63) is 27.1 Å². The van der Waals surface area contributed by atoms with Crippen molar-refractivity contribution in [1.82, 2.24) is 19.1 Å². The monoisotopic (exact) mass is 384 g/mol. The highest BCUT2D eigenvalue weighted by Crippen LogP contribution is 2.33. The van der Waals surface area contributed by atoms with E-state index in [0.29, 0.717) is 33.4 Å². The van der Waals surface area contributed by atoms with Crippen LogP contribution >= 0.6 is 35.4 Å². The van der Waals surface area contributed by atoms with Gasteiger partial charge in [-0.1, -0.05) is 23.2 Å². The summed E-state index contributed by atoms with van der Waals surface area (Å²) in [5.41, 5.74) is 0.436. The molecule has 0 amide bonds. The average Bonchev–Trinajstić information content (AvgIpc) is 2.76. The standard InChI is InChI=1S/C13H13Cl2F3N4S/c14-9-4-10(15)11-19-22(12(23)21(11)6-9)7-20-3-1-2-8(5-20)13(16,17)18/h4,6,8H,1-3,5,7H2/t8-/m0/s1. The van der Waals surface area contributed by atoms with E-state index in [2.05, 4.69) is 5.10 Å². The molecule has 2 aromatic rings. The van der Waals surface area contributed by atoms with Gasteiger partial charge in [0.05, 0.1) is 22.6 Å². The quantitative estimate of drug-likeness (QED) is 0.717. The maximum Gasteiger partial charge on any atom is 0.393 e. The molecule has 0 N–H and O–H groups in total. The Bertz CT molecular complexity index is 786. The van der Waals surface area contributed by atoms with Crippen LogP contribution in [0.2, 0.25) is 10.0 Å². The Hall–Kier alpha value is -0.830. The van der Waals surface area contributed by atoms with Gasteiger partial charge in [-0.25, -0.2) is 4.68 Å². The molecule has 1 aliphatic heterocycles. The first kappa shape index (κ1) is 17.0. The third-order valence-corrected chi connectivity index (χ3v) is 4.80. The minimum Gasteiger partial charge on any atom is -0.284 e. The summed E-state index contributed by atoms with van der Waals surface area (Å²) in [4.78, 5) is 1.71. The minimum atomic E-state index is -4.17. The summed E-state index contributed by atoms with van der Waals surface area (Å²) in [5.74, 6) is -1.31. The third kappa shape index (κ3) is 3.50. The molecule has 3 rings (SSSR count). The second kappa shape index (κ2) is 6.23. The summed E-state index contributed by atoms with van der Waals surface area (Å²) < 4.78 is 42.1. The van der Waals surface area contributed by atoms with Gasteiger partial charge >= 0.3 is 6.18 Å². The highest BCUT2D eigenvalue weighted by molar-refractivity contribution is 7.71. The summed E-state index contributed by atoms with van der Waals surface area (Å²) in [6, 6.07) is 1.55. The van der Waals surface area contributed by atoms with E-state index in [-0.39, 0.29) is 19.6 Å². The Morgan fingerprint density at radius 1 is 1.35 bits per heavy atom. The fourth-order valence-corrected chi connectivity index (χ4v) is 3.53. The molecule has 23 heavy (non-hydrogen) atoms. The summed E-state index contributed by atoms with van der Waals surface area (Å²) >= 11 is 17.3. The van der Waals surface area contributed by atoms with Crippen LogP contribution < -0.4 is 0 Å². The number of hydrogen-bond acceptors (Lipinski definition) is 3. The predicted octanol–water partition coefficient (Wildman–Crippen LogP) is 4.40. The Balaban J connectivity index is 1.86. The van der Waals surface area contributed by atoms with Gasteiger partial charge in [0.15, 0.2) is 5.65 Å². The zero-order valence-corrected chi connectivity index (χ0v) is 14.2. The van der Waals surface area contributed by atoms with Crippen LogP contribution in [0.4, 0.5) is 13.2 Å². The molecule has 126 valence electrons. The normalized spacial score (nSPS) is 20.3. The first-order chi connectivity index (χ1) is 10.8. The molecular formula is C13H13Cl2F3N4S.